The van der Waals surface area contributed by atoms with E-state index in [1.165, 1.54) is 12.1 Å². The summed E-state index contributed by atoms with van der Waals surface area (Å²) in [5, 5.41) is 0.509. The van der Waals surface area contributed by atoms with E-state index in [1.807, 2.05) is 22.8 Å². The molecule has 1 saturated carbocycles. The van der Waals surface area contributed by atoms with E-state index in [0.717, 1.165) is 29.7 Å². The van der Waals surface area contributed by atoms with Gasteiger partial charge in [-0.25, -0.2) is 9.37 Å². The van der Waals surface area contributed by atoms with Crippen molar-refractivity contribution >= 4 is 28.3 Å². The van der Waals surface area contributed by atoms with Crippen molar-refractivity contribution in [2.24, 2.45) is 0 Å². The van der Waals surface area contributed by atoms with Gasteiger partial charge in [-0.2, -0.15) is 0 Å². The van der Waals surface area contributed by atoms with Crippen molar-refractivity contribution in [3.63, 3.8) is 0 Å². The Morgan fingerprint density at radius 1 is 1.19 bits per heavy atom. The first-order chi connectivity index (χ1) is 10.1. The second-order valence-electron chi connectivity index (χ2n) is 5.42. The molecule has 3 nitrogen and oxygen atoms in total. The van der Waals surface area contributed by atoms with Gasteiger partial charge in [0.2, 0.25) is 0 Å². The molecule has 1 fully saturated rings. The maximum atomic E-state index is 13.6. The largest absolute Gasteiger partial charge is 0.399 e. The van der Waals surface area contributed by atoms with Crippen molar-refractivity contribution in [3.8, 4) is 5.69 Å². The second-order valence-corrected chi connectivity index (χ2v) is 5.83. The quantitative estimate of drug-likeness (QED) is 0.718. The smallest absolute Gasteiger partial charge is 0.125 e. The van der Waals surface area contributed by atoms with Crippen LogP contribution in [-0.2, 0) is 0 Å². The lowest BCUT2D eigenvalue weighted by Crippen LogP contribution is -2.01. The number of benzene rings is 2. The molecular formula is C16H13ClFN3. The third-order valence-corrected chi connectivity index (χ3v) is 4.12. The minimum absolute atomic E-state index is 0.312. The number of aromatic nitrogens is 2. The number of hydrogen-bond acceptors (Lipinski definition) is 2. The van der Waals surface area contributed by atoms with Crippen LogP contribution in [0.25, 0.3) is 16.7 Å². The summed E-state index contributed by atoms with van der Waals surface area (Å²) >= 11 is 6.28. The Balaban J connectivity index is 2.06. The van der Waals surface area contributed by atoms with E-state index in [1.54, 1.807) is 6.07 Å². The summed E-state index contributed by atoms with van der Waals surface area (Å²) in [4.78, 5) is 4.68. The maximum absolute atomic E-state index is 13.6. The normalized spacial score (nSPS) is 14.8. The highest BCUT2D eigenvalue weighted by molar-refractivity contribution is 6.32. The van der Waals surface area contributed by atoms with Crippen LogP contribution in [0.1, 0.15) is 24.6 Å². The lowest BCUT2D eigenvalue weighted by Gasteiger charge is -2.11. The third kappa shape index (κ3) is 2.07. The van der Waals surface area contributed by atoms with E-state index in [0.29, 0.717) is 22.3 Å². The van der Waals surface area contributed by atoms with Gasteiger partial charge in [0.25, 0.3) is 0 Å². The summed E-state index contributed by atoms with van der Waals surface area (Å²) in [6.45, 7) is 0. The molecule has 1 aliphatic carbocycles. The Labute approximate surface area is 126 Å². The molecule has 0 amide bonds. The Hall–Kier alpha value is -2.07. The molecule has 21 heavy (non-hydrogen) atoms. The number of rotatable bonds is 2. The molecule has 0 radical (unpaired) electrons. The van der Waals surface area contributed by atoms with Crippen molar-refractivity contribution in [2.75, 3.05) is 5.73 Å². The van der Waals surface area contributed by atoms with Gasteiger partial charge >= 0.3 is 0 Å². The predicted molar refractivity (Wildman–Crippen MR) is 82.4 cm³/mol. The number of anilines is 1. The fraction of sp³-hybridized carbons (Fsp3) is 0.188. The van der Waals surface area contributed by atoms with Gasteiger partial charge in [-0.05, 0) is 49.2 Å². The molecule has 106 valence electrons. The van der Waals surface area contributed by atoms with Crippen molar-refractivity contribution in [2.45, 2.75) is 18.8 Å². The monoisotopic (exact) mass is 301 g/mol. The van der Waals surface area contributed by atoms with E-state index < -0.39 is 0 Å². The molecule has 1 heterocycles. The summed E-state index contributed by atoms with van der Waals surface area (Å²) in [7, 11) is 0. The molecule has 2 aromatic carbocycles. The van der Waals surface area contributed by atoms with Crippen LogP contribution in [0.2, 0.25) is 5.02 Å². The van der Waals surface area contributed by atoms with E-state index in [4.69, 9.17) is 17.3 Å². The Morgan fingerprint density at radius 3 is 2.76 bits per heavy atom. The molecule has 0 saturated heterocycles. The molecule has 1 aromatic heterocycles. The summed E-state index contributed by atoms with van der Waals surface area (Å²) in [5.41, 5.74) is 8.85. The zero-order valence-electron chi connectivity index (χ0n) is 11.2. The van der Waals surface area contributed by atoms with Crippen molar-refractivity contribution < 1.29 is 4.39 Å². The van der Waals surface area contributed by atoms with Crippen LogP contribution in [-0.4, -0.2) is 9.55 Å². The molecule has 0 spiro atoms. The molecule has 1 aliphatic rings. The lowest BCUT2D eigenvalue weighted by atomic mass is 10.2. The van der Waals surface area contributed by atoms with E-state index >= 15 is 0 Å². The van der Waals surface area contributed by atoms with Crippen LogP contribution in [0.5, 0.6) is 0 Å². The number of nitrogens with two attached hydrogens (primary N) is 1. The minimum Gasteiger partial charge on any atom is -0.399 e. The minimum atomic E-state index is -0.312. The summed E-state index contributed by atoms with van der Waals surface area (Å²) < 4.78 is 15.6. The Bertz CT molecular complexity index is 852. The van der Waals surface area contributed by atoms with Crippen molar-refractivity contribution in [1.29, 1.82) is 0 Å². The van der Waals surface area contributed by atoms with Crippen molar-refractivity contribution in [3.05, 3.63) is 53.1 Å². The predicted octanol–water partition coefficient (Wildman–Crippen LogP) is 4.28. The SMILES string of the molecule is Nc1ccc2c(c1)nc(C1CC1)n2-c1cc(F)ccc1Cl. The first-order valence-corrected chi connectivity index (χ1v) is 7.24. The highest BCUT2D eigenvalue weighted by Gasteiger charge is 2.30. The molecule has 3 aromatic rings. The van der Waals surface area contributed by atoms with Gasteiger partial charge in [0.05, 0.1) is 21.7 Å². The number of halogens is 2. The molecule has 5 heteroatoms. The molecule has 0 bridgehead atoms. The number of nitrogen functional groups attached to an aromatic ring is 1. The van der Waals surface area contributed by atoms with Gasteiger partial charge in [0, 0.05) is 11.6 Å². The van der Waals surface area contributed by atoms with E-state index in [-0.39, 0.29) is 5.82 Å². The van der Waals surface area contributed by atoms with E-state index in [2.05, 4.69) is 4.98 Å². The highest BCUT2D eigenvalue weighted by Crippen LogP contribution is 2.42. The van der Waals surface area contributed by atoms with Gasteiger partial charge in [0.15, 0.2) is 0 Å². The van der Waals surface area contributed by atoms with Crippen molar-refractivity contribution in [1.82, 2.24) is 9.55 Å². The lowest BCUT2D eigenvalue weighted by molar-refractivity contribution is 0.626. The zero-order valence-corrected chi connectivity index (χ0v) is 11.9. The molecule has 0 aliphatic heterocycles. The number of fused-ring (bicyclic) bond motifs is 1. The average molecular weight is 302 g/mol. The molecule has 0 unspecified atom stereocenters. The standard InChI is InChI=1S/C16H13ClFN3/c17-12-5-3-10(18)7-15(12)21-14-6-4-11(19)8-13(14)20-16(21)9-1-2-9/h3-9H,1-2,19H2. The van der Waals surface area contributed by atoms with Gasteiger partial charge in [-0.3, -0.25) is 4.57 Å². The van der Waals surface area contributed by atoms with Crippen LogP contribution < -0.4 is 5.73 Å². The van der Waals surface area contributed by atoms with Crippen LogP contribution in [0.4, 0.5) is 10.1 Å². The molecule has 2 N–H and O–H groups in total. The van der Waals surface area contributed by atoms with Gasteiger partial charge in [0.1, 0.15) is 11.6 Å². The molecule has 0 atom stereocenters. The second kappa shape index (κ2) is 4.46. The van der Waals surface area contributed by atoms with Crippen LogP contribution in [0, 0.1) is 5.82 Å². The summed E-state index contributed by atoms with van der Waals surface area (Å²) in [6.07, 6.45) is 2.21. The average Bonchev–Trinajstić information content (AvgIpc) is 3.23. The van der Waals surface area contributed by atoms with Gasteiger partial charge < -0.3 is 5.73 Å². The van der Waals surface area contributed by atoms with Gasteiger partial charge in [-0.1, -0.05) is 11.6 Å². The van der Waals surface area contributed by atoms with Crippen LogP contribution in [0.3, 0.4) is 0 Å². The van der Waals surface area contributed by atoms with Crippen LogP contribution in [0.15, 0.2) is 36.4 Å². The summed E-state index contributed by atoms with van der Waals surface area (Å²) in [6, 6.07) is 9.96. The summed E-state index contributed by atoms with van der Waals surface area (Å²) in [5.74, 6) is 1.04. The van der Waals surface area contributed by atoms with E-state index in [9.17, 15) is 4.39 Å². The number of nitrogens with zero attached hydrogens (tertiary/aromatic N) is 2. The number of hydrogen-bond donors (Lipinski definition) is 1. The van der Waals surface area contributed by atoms with Gasteiger partial charge in [-0.15, -0.1) is 0 Å². The first-order valence-electron chi connectivity index (χ1n) is 6.87. The van der Waals surface area contributed by atoms with Crippen LogP contribution >= 0.6 is 11.6 Å². The highest BCUT2D eigenvalue weighted by atomic mass is 35.5. The fourth-order valence-corrected chi connectivity index (χ4v) is 2.84. The Morgan fingerprint density at radius 2 is 2.00 bits per heavy atom. The maximum Gasteiger partial charge on any atom is 0.125 e. The topological polar surface area (TPSA) is 43.8 Å². The first kappa shape index (κ1) is 12.7. The Kier molecular flexibility index (Phi) is 2.69. The zero-order chi connectivity index (χ0) is 14.6. The fourth-order valence-electron chi connectivity index (χ4n) is 2.64. The number of imidazole rings is 1. The molecular weight excluding hydrogens is 289 g/mol. The third-order valence-electron chi connectivity index (χ3n) is 3.80. The molecule has 4 rings (SSSR count).